The molecule has 2 N–H and O–H groups in total. The van der Waals surface area contributed by atoms with E-state index in [1.807, 2.05) is 12.1 Å². The minimum atomic E-state index is 0.495. The van der Waals surface area contributed by atoms with Gasteiger partial charge in [0.1, 0.15) is 30.5 Å². The molecule has 19 heavy (non-hydrogen) atoms. The molecule has 0 atom stereocenters. The number of H-pyrrole nitrogens is 1. The zero-order valence-corrected chi connectivity index (χ0v) is 10.9. The first-order valence-corrected chi connectivity index (χ1v) is 6.20. The fraction of sp³-hybridized carbons (Fsp3) is 0.143. The number of aromatic nitrogens is 1. The van der Waals surface area contributed by atoms with E-state index in [1.165, 1.54) is 0 Å². The molecule has 0 saturated heterocycles. The van der Waals surface area contributed by atoms with Crippen molar-refractivity contribution in [1.82, 2.24) is 0 Å². The Morgan fingerprint density at radius 3 is 2.79 bits per heavy atom. The van der Waals surface area contributed by atoms with Gasteiger partial charge in [0, 0.05) is 5.02 Å². The van der Waals surface area contributed by atoms with E-state index in [4.69, 9.17) is 21.6 Å². The van der Waals surface area contributed by atoms with Gasteiger partial charge in [0.05, 0.1) is 6.20 Å². The number of hydrogen-bond donors (Lipinski definition) is 1. The van der Waals surface area contributed by atoms with E-state index in [1.54, 1.807) is 30.5 Å². The molecule has 4 nitrogen and oxygen atoms in total. The fourth-order valence-corrected chi connectivity index (χ4v) is 1.68. The Morgan fingerprint density at radius 1 is 1.26 bits per heavy atom. The standard InChI is InChI=1S/C14H12ClN3O/c15-12-3-5-13(6-4-12)19-9-8-18-14-11(10-16)2-1-7-17-14/h1-7H,8-9H2,(H,17,18)/p+1. The summed E-state index contributed by atoms with van der Waals surface area (Å²) in [5.74, 6) is 1.47. The minimum Gasteiger partial charge on any atom is -0.490 e. The van der Waals surface area contributed by atoms with Gasteiger partial charge in [-0.25, -0.2) is 4.98 Å². The van der Waals surface area contributed by atoms with Crippen molar-refractivity contribution in [3.05, 3.63) is 53.2 Å². The average molecular weight is 275 g/mol. The lowest BCUT2D eigenvalue weighted by Gasteiger charge is -2.05. The van der Waals surface area contributed by atoms with Gasteiger partial charge in [0.2, 0.25) is 0 Å². The SMILES string of the molecule is N#Cc1ccc[nH+]c1NCCOc1ccc(Cl)cc1. The van der Waals surface area contributed by atoms with Gasteiger partial charge in [-0.05, 0) is 36.4 Å². The highest BCUT2D eigenvalue weighted by atomic mass is 35.5. The summed E-state index contributed by atoms with van der Waals surface area (Å²) in [4.78, 5) is 2.99. The molecule has 96 valence electrons. The number of anilines is 1. The molecule has 0 bridgehead atoms. The third kappa shape index (κ3) is 3.87. The summed E-state index contributed by atoms with van der Waals surface area (Å²) in [6, 6.07) is 12.8. The normalized spacial score (nSPS) is 9.68. The molecule has 0 amide bonds. The van der Waals surface area contributed by atoms with Gasteiger partial charge < -0.3 is 4.74 Å². The van der Waals surface area contributed by atoms with Crippen molar-refractivity contribution in [2.24, 2.45) is 0 Å². The van der Waals surface area contributed by atoms with E-state index in [0.717, 1.165) is 5.75 Å². The second kappa shape index (κ2) is 6.62. The predicted molar refractivity (Wildman–Crippen MR) is 73.1 cm³/mol. The minimum absolute atomic E-state index is 0.495. The van der Waals surface area contributed by atoms with Crippen molar-refractivity contribution in [3.8, 4) is 11.8 Å². The molecule has 0 aliphatic heterocycles. The number of nitrogens with one attached hydrogen (secondary N) is 2. The van der Waals surface area contributed by atoms with Crippen LogP contribution in [-0.4, -0.2) is 13.2 Å². The Bertz CT molecular complexity index is 578. The van der Waals surface area contributed by atoms with E-state index in [9.17, 15) is 0 Å². The Labute approximate surface area is 116 Å². The molecular weight excluding hydrogens is 262 g/mol. The van der Waals surface area contributed by atoms with Crippen LogP contribution < -0.4 is 15.0 Å². The Balaban J connectivity index is 1.81. The number of nitrogens with zero attached hydrogens (tertiary/aromatic N) is 1. The van der Waals surface area contributed by atoms with Crippen LogP contribution in [0.1, 0.15) is 5.56 Å². The molecule has 1 aromatic heterocycles. The lowest BCUT2D eigenvalue weighted by molar-refractivity contribution is -0.361. The summed E-state index contributed by atoms with van der Waals surface area (Å²) in [6.45, 7) is 1.09. The first-order valence-electron chi connectivity index (χ1n) is 5.82. The van der Waals surface area contributed by atoms with Gasteiger partial charge >= 0.3 is 0 Å². The zero-order chi connectivity index (χ0) is 13.5. The number of rotatable bonds is 5. The highest BCUT2D eigenvalue weighted by Crippen LogP contribution is 2.15. The van der Waals surface area contributed by atoms with E-state index < -0.39 is 0 Å². The largest absolute Gasteiger partial charge is 0.490 e. The van der Waals surface area contributed by atoms with Gasteiger partial charge in [0.25, 0.3) is 5.82 Å². The molecule has 0 saturated carbocycles. The smallest absolute Gasteiger partial charge is 0.290 e. The zero-order valence-electron chi connectivity index (χ0n) is 10.2. The van der Waals surface area contributed by atoms with E-state index >= 15 is 0 Å². The van der Waals surface area contributed by atoms with Crippen molar-refractivity contribution in [2.45, 2.75) is 0 Å². The maximum Gasteiger partial charge on any atom is 0.290 e. The molecule has 1 aromatic carbocycles. The molecule has 1 heterocycles. The van der Waals surface area contributed by atoms with Crippen molar-refractivity contribution in [1.29, 1.82) is 5.26 Å². The van der Waals surface area contributed by atoms with Crippen LogP contribution in [0.2, 0.25) is 5.02 Å². The fourth-order valence-electron chi connectivity index (χ4n) is 1.55. The van der Waals surface area contributed by atoms with Gasteiger partial charge in [-0.15, -0.1) is 0 Å². The molecule has 5 heteroatoms. The van der Waals surface area contributed by atoms with Crippen LogP contribution in [0.4, 0.5) is 5.82 Å². The van der Waals surface area contributed by atoms with Gasteiger partial charge in [0.15, 0.2) is 0 Å². The highest BCUT2D eigenvalue weighted by Gasteiger charge is 2.07. The summed E-state index contributed by atoms with van der Waals surface area (Å²) < 4.78 is 5.54. The van der Waals surface area contributed by atoms with Crippen LogP contribution in [0.15, 0.2) is 42.6 Å². The number of nitriles is 1. The average Bonchev–Trinajstić information content (AvgIpc) is 2.46. The molecule has 0 radical (unpaired) electrons. The van der Waals surface area contributed by atoms with Crippen LogP contribution in [0.5, 0.6) is 5.75 Å². The first-order chi connectivity index (χ1) is 9.29. The molecule has 2 aromatic rings. The number of hydrogen-bond acceptors (Lipinski definition) is 3. The van der Waals surface area contributed by atoms with Crippen LogP contribution in [0, 0.1) is 11.3 Å². The van der Waals surface area contributed by atoms with E-state index in [2.05, 4.69) is 16.4 Å². The number of halogens is 1. The monoisotopic (exact) mass is 274 g/mol. The van der Waals surface area contributed by atoms with E-state index in [0.29, 0.717) is 29.6 Å². The predicted octanol–water partition coefficient (Wildman–Crippen LogP) is 2.52. The van der Waals surface area contributed by atoms with Gasteiger partial charge in [-0.1, -0.05) is 11.6 Å². The Morgan fingerprint density at radius 2 is 2.05 bits per heavy atom. The molecule has 0 spiro atoms. The molecular formula is C14H13ClN3O+. The van der Waals surface area contributed by atoms with Crippen molar-refractivity contribution in [3.63, 3.8) is 0 Å². The molecule has 0 aliphatic rings. The summed E-state index contributed by atoms with van der Waals surface area (Å²) in [6.07, 6.45) is 1.77. The summed E-state index contributed by atoms with van der Waals surface area (Å²) >= 11 is 5.78. The number of ether oxygens (including phenoxy) is 1. The topological polar surface area (TPSA) is 59.2 Å². The first kappa shape index (κ1) is 13.2. The van der Waals surface area contributed by atoms with Crippen molar-refractivity contribution < 1.29 is 9.72 Å². The van der Waals surface area contributed by atoms with Crippen LogP contribution >= 0.6 is 11.6 Å². The van der Waals surface area contributed by atoms with Gasteiger partial charge in [-0.2, -0.15) is 5.26 Å². The van der Waals surface area contributed by atoms with Crippen LogP contribution in [0.25, 0.3) is 0 Å². The molecule has 0 aliphatic carbocycles. The molecule has 2 rings (SSSR count). The number of pyridine rings is 1. The number of benzene rings is 1. The Hall–Kier alpha value is -2.25. The number of aromatic amines is 1. The lowest BCUT2D eigenvalue weighted by atomic mass is 10.3. The maximum atomic E-state index is 8.93. The third-order valence-corrected chi connectivity index (χ3v) is 2.71. The maximum absolute atomic E-state index is 8.93. The Kier molecular flexibility index (Phi) is 4.60. The quantitative estimate of drug-likeness (QED) is 0.853. The molecule has 0 unspecified atom stereocenters. The van der Waals surface area contributed by atoms with Crippen molar-refractivity contribution >= 4 is 17.4 Å². The summed E-state index contributed by atoms with van der Waals surface area (Å²) in [5, 5.41) is 12.7. The highest BCUT2D eigenvalue weighted by molar-refractivity contribution is 6.30. The lowest BCUT2D eigenvalue weighted by Crippen LogP contribution is -2.19. The summed E-state index contributed by atoms with van der Waals surface area (Å²) in [7, 11) is 0. The summed E-state index contributed by atoms with van der Waals surface area (Å²) in [5.41, 5.74) is 0.578. The third-order valence-electron chi connectivity index (χ3n) is 2.46. The van der Waals surface area contributed by atoms with Crippen LogP contribution in [0.3, 0.4) is 0 Å². The van der Waals surface area contributed by atoms with Crippen LogP contribution in [-0.2, 0) is 0 Å². The van der Waals surface area contributed by atoms with Gasteiger partial charge in [-0.3, -0.25) is 5.32 Å². The van der Waals surface area contributed by atoms with Crippen molar-refractivity contribution in [2.75, 3.05) is 18.5 Å². The molecule has 0 fully saturated rings. The second-order valence-corrected chi connectivity index (χ2v) is 4.24. The van der Waals surface area contributed by atoms with E-state index in [-0.39, 0.29) is 0 Å². The second-order valence-electron chi connectivity index (χ2n) is 3.80.